The van der Waals surface area contributed by atoms with Gasteiger partial charge in [-0.25, -0.2) is 9.78 Å². The molecule has 1 heterocycles. The van der Waals surface area contributed by atoms with Crippen molar-refractivity contribution in [3.63, 3.8) is 0 Å². The number of hydrogen-bond acceptors (Lipinski definition) is 6. The van der Waals surface area contributed by atoms with Crippen LogP contribution in [-0.4, -0.2) is 28.4 Å². The monoisotopic (exact) mass is 485 g/mol. The Morgan fingerprint density at radius 3 is 1.91 bits per heavy atom. The number of carboxylic acids is 1. The molecule has 4 aromatic rings. The van der Waals surface area contributed by atoms with E-state index >= 15 is 0 Å². The largest absolute Gasteiger partial charge is 0.476 e. The predicted molar refractivity (Wildman–Crippen MR) is 140 cm³/mol. The minimum atomic E-state index is -1.18. The van der Waals surface area contributed by atoms with Gasteiger partial charge in [-0.1, -0.05) is 109 Å². The molecule has 0 aliphatic carbocycles. The number of thiazole rings is 1. The first-order chi connectivity index (χ1) is 17.1. The van der Waals surface area contributed by atoms with Gasteiger partial charge in [-0.05, 0) is 23.1 Å². The Balaban J connectivity index is 1.80. The van der Waals surface area contributed by atoms with Crippen LogP contribution in [0, 0.1) is 0 Å². The van der Waals surface area contributed by atoms with E-state index in [1.54, 1.807) is 5.38 Å². The molecule has 2 N–H and O–H groups in total. The van der Waals surface area contributed by atoms with Crippen molar-refractivity contribution in [2.45, 2.75) is 25.3 Å². The molecule has 0 aliphatic rings. The lowest BCUT2D eigenvalue weighted by atomic mass is 9.77. The van der Waals surface area contributed by atoms with E-state index in [-0.39, 0.29) is 11.4 Å². The molecule has 0 fully saturated rings. The number of hydrogen-bond donors (Lipinski definition) is 2. The number of aliphatic carboxylic acids is 1. The number of carbonyl (C=O) groups is 1. The van der Waals surface area contributed by atoms with Crippen molar-refractivity contribution >= 4 is 28.1 Å². The summed E-state index contributed by atoms with van der Waals surface area (Å²) in [5.41, 5.74) is 2.38. The number of benzene rings is 3. The lowest BCUT2D eigenvalue weighted by molar-refractivity contribution is -0.129. The molecule has 0 saturated heterocycles. The van der Waals surface area contributed by atoms with Crippen LogP contribution in [-0.2, 0) is 15.2 Å². The van der Waals surface area contributed by atoms with Gasteiger partial charge in [-0.2, -0.15) is 0 Å². The number of carboxylic acid groups (broad SMARTS) is 1. The first-order valence-corrected chi connectivity index (χ1v) is 12.4. The van der Waals surface area contributed by atoms with Crippen molar-refractivity contribution < 1.29 is 14.7 Å². The van der Waals surface area contributed by atoms with Crippen LogP contribution in [0.25, 0.3) is 0 Å². The number of unbranched alkanes of at least 4 members (excludes halogenated alkanes) is 1. The number of nitrogens with one attached hydrogen (secondary N) is 1. The van der Waals surface area contributed by atoms with Gasteiger partial charge in [0.1, 0.15) is 17.8 Å². The van der Waals surface area contributed by atoms with Gasteiger partial charge in [0.15, 0.2) is 5.13 Å². The molecule has 7 heteroatoms. The van der Waals surface area contributed by atoms with Crippen LogP contribution >= 0.6 is 11.3 Å². The van der Waals surface area contributed by atoms with Gasteiger partial charge in [-0.3, -0.25) is 0 Å². The third kappa shape index (κ3) is 5.41. The number of oxime groups is 1. The van der Waals surface area contributed by atoms with Gasteiger partial charge in [-0.15, -0.1) is 11.3 Å². The first kappa shape index (κ1) is 24.2. The molecule has 35 heavy (non-hydrogen) atoms. The predicted octanol–water partition coefficient (Wildman–Crippen LogP) is 6.15. The second-order valence-electron chi connectivity index (χ2n) is 7.94. The molecule has 0 amide bonds. The molecule has 3 aromatic carbocycles. The minimum absolute atomic E-state index is 0.213. The molecule has 0 spiro atoms. The number of anilines is 1. The smallest absolute Gasteiger partial charge is 0.360 e. The highest BCUT2D eigenvalue weighted by Crippen LogP contribution is 2.40. The van der Waals surface area contributed by atoms with E-state index in [9.17, 15) is 9.90 Å². The first-order valence-electron chi connectivity index (χ1n) is 11.5. The van der Waals surface area contributed by atoms with Crippen LogP contribution in [0.5, 0.6) is 0 Å². The Hall–Kier alpha value is -3.97. The summed E-state index contributed by atoms with van der Waals surface area (Å²) in [6.07, 6.45) is 1.73. The van der Waals surface area contributed by atoms with E-state index in [1.807, 2.05) is 61.5 Å². The zero-order valence-electron chi connectivity index (χ0n) is 19.4. The molecule has 0 radical (unpaired) electrons. The molecule has 4 rings (SSSR count). The topological polar surface area (TPSA) is 83.8 Å². The highest BCUT2D eigenvalue weighted by atomic mass is 32.1. The molecule has 0 bridgehead atoms. The van der Waals surface area contributed by atoms with E-state index in [0.29, 0.717) is 11.7 Å². The maximum Gasteiger partial charge on any atom is 0.360 e. The van der Waals surface area contributed by atoms with Crippen LogP contribution in [0.4, 0.5) is 5.13 Å². The third-order valence-electron chi connectivity index (χ3n) is 5.61. The maximum absolute atomic E-state index is 11.9. The highest BCUT2D eigenvalue weighted by Gasteiger charge is 2.37. The summed E-state index contributed by atoms with van der Waals surface area (Å²) in [7, 11) is 0. The maximum atomic E-state index is 11.9. The van der Waals surface area contributed by atoms with Gasteiger partial charge in [0.2, 0.25) is 5.71 Å². The Morgan fingerprint density at radius 1 is 0.943 bits per heavy atom. The third-order valence-corrected chi connectivity index (χ3v) is 6.37. The fourth-order valence-electron chi connectivity index (χ4n) is 3.90. The zero-order chi connectivity index (χ0) is 24.5. The van der Waals surface area contributed by atoms with Crippen molar-refractivity contribution in [3.05, 3.63) is 119 Å². The summed E-state index contributed by atoms with van der Waals surface area (Å²) in [6, 6.07) is 30.5. The summed E-state index contributed by atoms with van der Waals surface area (Å²) < 4.78 is 0. The van der Waals surface area contributed by atoms with E-state index in [1.165, 1.54) is 11.3 Å². The zero-order valence-corrected chi connectivity index (χ0v) is 20.2. The average Bonchev–Trinajstić information content (AvgIpc) is 3.36. The summed E-state index contributed by atoms with van der Waals surface area (Å²) >= 11 is 1.33. The molecule has 1 aromatic heterocycles. The normalized spacial score (nSPS) is 11.7. The Bertz CT molecular complexity index is 1160. The lowest BCUT2D eigenvalue weighted by Gasteiger charge is -2.36. The van der Waals surface area contributed by atoms with Gasteiger partial charge in [0, 0.05) is 5.38 Å². The van der Waals surface area contributed by atoms with Gasteiger partial charge in [0.05, 0.1) is 0 Å². The van der Waals surface area contributed by atoms with E-state index in [0.717, 1.165) is 29.5 Å². The Labute approximate surface area is 208 Å². The second-order valence-corrected chi connectivity index (χ2v) is 8.80. The standard InChI is InChI=1S/C28H27N3O3S/c1-2-3-19-34-31-25(26(32)33)24-20-35-27(29-24)30-28(21-13-7-4-8-14-21,22-15-9-5-10-16-22)23-17-11-6-12-18-23/h4-18,20H,2-3,19H2,1H3,(H,29,30)(H,32,33)/b31-25+. The molecular weight excluding hydrogens is 458 g/mol. The average molecular weight is 486 g/mol. The van der Waals surface area contributed by atoms with Crippen LogP contribution < -0.4 is 5.32 Å². The molecule has 0 aliphatic heterocycles. The summed E-state index contributed by atoms with van der Waals surface area (Å²) in [5, 5.41) is 19.4. The molecular formula is C28H27N3O3S. The van der Waals surface area contributed by atoms with Gasteiger partial charge < -0.3 is 15.3 Å². The second kappa shape index (κ2) is 11.4. The van der Waals surface area contributed by atoms with Crippen LogP contribution in [0.15, 0.2) is 102 Å². The molecule has 0 atom stereocenters. The molecule has 6 nitrogen and oxygen atoms in total. The molecule has 178 valence electrons. The van der Waals surface area contributed by atoms with Crippen molar-refractivity contribution in [2.24, 2.45) is 5.16 Å². The number of nitrogens with zero attached hydrogens (tertiary/aromatic N) is 2. The van der Waals surface area contributed by atoms with Crippen LogP contribution in [0.2, 0.25) is 0 Å². The van der Waals surface area contributed by atoms with Gasteiger partial charge >= 0.3 is 5.97 Å². The highest BCUT2D eigenvalue weighted by molar-refractivity contribution is 7.14. The van der Waals surface area contributed by atoms with Crippen molar-refractivity contribution in [3.8, 4) is 0 Å². The number of rotatable bonds is 11. The summed E-state index contributed by atoms with van der Waals surface area (Å²) in [5.74, 6) is -1.18. The van der Waals surface area contributed by atoms with Gasteiger partial charge in [0.25, 0.3) is 0 Å². The van der Waals surface area contributed by atoms with Crippen molar-refractivity contribution in [1.82, 2.24) is 4.98 Å². The van der Waals surface area contributed by atoms with Crippen LogP contribution in [0.3, 0.4) is 0 Å². The molecule has 0 unspecified atom stereocenters. The Morgan fingerprint density at radius 2 is 1.46 bits per heavy atom. The van der Waals surface area contributed by atoms with E-state index < -0.39 is 11.5 Å². The Kier molecular flexibility index (Phi) is 7.90. The summed E-state index contributed by atoms with van der Waals surface area (Å²) in [6.45, 7) is 2.39. The van der Waals surface area contributed by atoms with Crippen molar-refractivity contribution in [2.75, 3.05) is 11.9 Å². The van der Waals surface area contributed by atoms with E-state index in [2.05, 4.69) is 51.9 Å². The van der Waals surface area contributed by atoms with E-state index in [4.69, 9.17) is 4.84 Å². The molecule has 0 saturated carbocycles. The van der Waals surface area contributed by atoms with Crippen molar-refractivity contribution in [1.29, 1.82) is 0 Å². The number of aromatic nitrogens is 1. The summed E-state index contributed by atoms with van der Waals surface area (Å²) in [4.78, 5) is 21.7. The fraction of sp³-hybridized carbons (Fsp3) is 0.179. The SMILES string of the molecule is CCCCO/N=C(/C(=O)O)c1csc(NC(c2ccccc2)(c2ccccc2)c2ccccc2)n1. The fourth-order valence-corrected chi connectivity index (χ4v) is 4.65. The lowest BCUT2D eigenvalue weighted by Crippen LogP contribution is -2.38. The quantitative estimate of drug-likeness (QED) is 0.115. The minimum Gasteiger partial charge on any atom is -0.476 e. The van der Waals surface area contributed by atoms with Crippen LogP contribution in [0.1, 0.15) is 42.1 Å².